The summed E-state index contributed by atoms with van der Waals surface area (Å²) < 4.78 is 5.25. The molecule has 0 spiro atoms. The van der Waals surface area contributed by atoms with E-state index in [9.17, 15) is 0 Å². The number of likely N-dealkylation sites (N-methyl/N-ethyl adjacent to an activating group) is 1. The largest absolute Gasteiger partial charge is 0.381 e. The average Bonchev–Trinajstić information content (AvgIpc) is 2.43. The van der Waals surface area contributed by atoms with E-state index in [2.05, 4.69) is 5.32 Å². The quantitative estimate of drug-likeness (QED) is 0.565. The topological polar surface area (TPSA) is 47.3 Å². The second kappa shape index (κ2) is 3.91. The molecule has 10 heavy (non-hydrogen) atoms. The Morgan fingerprint density at radius 1 is 1.80 bits per heavy atom. The van der Waals surface area contributed by atoms with Gasteiger partial charge in [0, 0.05) is 25.1 Å². The zero-order valence-electron chi connectivity index (χ0n) is 6.47. The van der Waals surface area contributed by atoms with Crippen molar-refractivity contribution in [3.05, 3.63) is 0 Å². The molecule has 0 aromatic heterocycles. The van der Waals surface area contributed by atoms with Gasteiger partial charge in [0.15, 0.2) is 0 Å². The zero-order valence-corrected chi connectivity index (χ0v) is 6.47. The number of hydrogen-bond donors (Lipinski definition) is 2. The fraction of sp³-hybridized carbons (Fsp3) is 1.00. The number of hydrogen-bond acceptors (Lipinski definition) is 3. The monoisotopic (exact) mass is 144 g/mol. The van der Waals surface area contributed by atoms with E-state index in [1.807, 2.05) is 7.05 Å². The van der Waals surface area contributed by atoms with Crippen LogP contribution in [0.15, 0.2) is 0 Å². The lowest BCUT2D eigenvalue weighted by Gasteiger charge is -2.19. The van der Waals surface area contributed by atoms with Crippen molar-refractivity contribution >= 4 is 0 Å². The van der Waals surface area contributed by atoms with Gasteiger partial charge >= 0.3 is 0 Å². The van der Waals surface area contributed by atoms with Crippen LogP contribution in [-0.2, 0) is 4.74 Å². The number of ether oxygens (including phenoxy) is 1. The van der Waals surface area contributed by atoms with Crippen LogP contribution in [-0.4, -0.2) is 32.8 Å². The fourth-order valence-corrected chi connectivity index (χ4v) is 1.42. The molecular weight excluding hydrogens is 128 g/mol. The summed E-state index contributed by atoms with van der Waals surface area (Å²) in [5, 5.41) is 3.19. The van der Waals surface area contributed by atoms with Gasteiger partial charge in [-0.2, -0.15) is 0 Å². The molecule has 1 fully saturated rings. The molecule has 3 N–H and O–H groups in total. The van der Waals surface area contributed by atoms with Crippen LogP contribution < -0.4 is 11.1 Å². The Morgan fingerprint density at radius 2 is 2.60 bits per heavy atom. The van der Waals surface area contributed by atoms with Gasteiger partial charge in [-0.05, 0) is 13.5 Å². The minimum atomic E-state index is 0.447. The maximum absolute atomic E-state index is 5.55. The minimum Gasteiger partial charge on any atom is -0.381 e. The van der Waals surface area contributed by atoms with Crippen LogP contribution in [0.3, 0.4) is 0 Å². The Morgan fingerprint density at radius 3 is 3.00 bits per heavy atom. The highest BCUT2D eigenvalue weighted by atomic mass is 16.5. The predicted molar refractivity (Wildman–Crippen MR) is 40.8 cm³/mol. The number of nitrogens with one attached hydrogen (secondary N) is 1. The molecule has 0 saturated carbocycles. The SMILES string of the molecule is CNC(CN)C1CCOC1. The van der Waals surface area contributed by atoms with Gasteiger partial charge in [0.1, 0.15) is 0 Å². The molecule has 0 aromatic carbocycles. The second-order valence-corrected chi connectivity index (χ2v) is 2.75. The van der Waals surface area contributed by atoms with E-state index >= 15 is 0 Å². The first kappa shape index (κ1) is 7.98. The Bertz CT molecular complexity index is 87.6. The average molecular weight is 144 g/mol. The van der Waals surface area contributed by atoms with Crippen LogP contribution in [0.5, 0.6) is 0 Å². The molecule has 2 atom stereocenters. The van der Waals surface area contributed by atoms with E-state index in [0.717, 1.165) is 19.6 Å². The van der Waals surface area contributed by atoms with Crippen molar-refractivity contribution in [3.8, 4) is 0 Å². The first-order valence-corrected chi connectivity index (χ1v) is 3.83. The highest BCUT2D eigenvalue weighted by Gasteiger charge is 2.22. The third-order valence-corrected chi connectivity index (χ3v) is 2.16. The van der Waals surface area contributed by atoms with E-state index < -0.39 is 0 Å². The second-order valence-electron chi connectivity index (χ2n) is 2.75. The van der Waals surface area contributed by atoms with Gasteiger partial charge in [-0.15, -0.1) is 0 Å². The molecule has 1 saturated heterocycles. The lowest BCUT2D eigenvalue weighted by atomic mass is 10.00. The third kappa shape index (κ3) is 1.68. The summed E-state index contributed by atoms with van der Waals surface area (Å²) in [6, 6.07) is 0.447. The maximum Gasteiger partial charge on any atom is 0.0510 e. The van der Waals surface area contributed by atoms with Gasteiger partial charge in [0.05, 0.1) is 6.61 Å². The summed E-state index contributed by atoms with van der Waals surface area (Å²) in [5.74, 6) is 0.634. The van der Waals surface area contributed by atoms with Crippen molar-refractivity contribution in [1.29, 1.82) is 0 Å². The molecule has 1 rings (SSSR count). The van der Waals surface area contributed by atoms with E-state index in [1.165, 1.54) is 0 Å². The van der Waals surface area contributed by atoms with Crippen LogP contribution in [0.2, 0.25) is 0 Å². The van der Waals surface area contributed by atoms with Gasteiger partial charge in [-0.1, -0.05) is 0 Å². The van der Waals surface area contributed by atoms with Crippen LogP contribution in [0.1, 0.15) is 6.42 Å². The minimum absolute atomic E-state index is 0.447. The van der Waals surface area contributed by atoms with Crippen LogP contribution in [0, 0.1) is 5.92 Å². The lowest BCUT2D eigenvalue weighted by molar-refractivity contribution is 0.178. The zero-order chi connectivity index (χ0) is 7.40. The molecule has 3 nitrogen and oxygen atoms in total. The summed E-state index contributed by atoms with van der Waals surface area (Å²) in [7, 11) is 1.95. The summed E-state index contributed by atoms with van der Waals surface area (Å²) in [6.07, 6.45) is 1.16. The summed E-state index contributed by atoms with van der Waals surface area (Å²) in [4.78, 5) is 0. The van der Waals surface area contributed by atoms with Crippen molar-refractivity contribution < 1.29 is 4.74 Å². The Hall–Kier alpha value is -0.120. The molecule has 0 aromatic rings. The third-order valence-electron chi connectivity index (χ3n) is 2.16. The van der Waals surface area contributed by atoms with Crippen molar-refractivity contribution in [1.82, 2.24) is 5.32 Å². The fourth-order valence-electron chi connectivity index (χ4n) is 1.42. The Labute approximate surface area is 61.9 Å². The van der Waals surface area contributed by atoms with Crippen molar-refractivity contribution in [3.63, 3.8) is 0 Å². The molecular formula is C7H16N2O. The van der Waals surface area contributed by atoms with Crippen molar-refractivity contribution in [2.45, 2.75) is 12.5 Å². The lowest BCUT2D eigenvalue weighted by Crippen LogP contribution is -2.40. The normalized spacial score (nSPS) is 28.8. The molecule has 0 amide bonds. The standard InChI is InChI=1S/C7H16N2O/c1-9-7(4-8)6-2-3-10-5-6/h6-7,9H,2-5,8H2,1H3. The van der Waals surface area contributed by atoms with Crippen LogP contribution in [0.4, 0.5) is 0 Å². The molecule has 0 bridgehead atoms. The van der Waals surface area contributed by atoms with Gasteiger partial charge in [-0.25, -0.2) is 0 Å². The molecule has 2 unspecified atom stereocenters. The molecule has 1 aliphatic rings. The van der Waals surface area contributed by atoms with E-state index in [0.29, 0.717) is 18.5 Å². The highest BCUT2D eigenvalue weighted by Crippen LogP contribution is 2.15. The van der Waals surface area contributed by atoms with Crippen molar-refractivity contribution in [2.75, 3.05) is 26.8 Å². The van der Waals surface area contributed by atoms with Crippen LogP contribution in [0.25, 0.3) is 0 Å². The van der Waals surface area contributed by atoms with E-state index in [4.69, 9.17) is 10.5 Å². The maximum atomic E-state index is 5.55. The smallest absolute Gasteiger partial charge is 0.0510 e. The predicted octanol–water partition coefficient (Wildman–Crippen LogP) is -0.430. The molecule has 1 heterocycles. The van der Waals surface area contributed by atoms with Gasteiger partial charge in [-0.3, -0.25) is 0 Å². The highest BCUT2D eigenvalue weighted by molar-refractivity contribution is 4.78. The summed E-state index contributed by atoms with van der Waals surface area (Å²) in [6.45, 7) is 2.50. The first-order valence-electron chi connectivity index (χ1n) is 3.83. The number of nitrogens with two attached hydrogens (primary N) is 1. The van der Waals surface area contributed by atoms with E-state index in [1.54, 1.807) is 0 Å². The van der Waals surface area contributed by atoms with E-state index in [-0.39, 0.29) is 0 Å². The van der Waals surface area contributed by atoms with Gasteiger partial charge in [0.2, 0.25) is 0 Å². The van der Waals surface area contributed by atoms with Crippen molar-refractivity contribution in [2.24, 2.45) is 11.7 Å². The van der Waals surface area contributed by atoms with Gasteiger partial charge in [0.25, 0.3) is 0 Å². The molecule has 1 aliphatic heterocycles. The Kier molecular flexibility index (Phi) is 3.12. The molecule has 0 aliphatic carbocycles. The molecule has 60 valence electrons. The molecule has 0 radical (unpaired) electrons. The summed E-state index contributed by atoms with van der Waals surface area (Å²) >= 11 is 0. The summed E-state index contributed by atoms with van der Waals surface area (Å²) in [5.41, 5.74) is 5.55. The van der Waals surface area contributed by atoms with Crippen LogP contribution >= 0.6 is 0 Å². The Balaban J connectivity index is 2.29. The van der Waals surface area contributed by atoms with Gasteiger partial charge < -0.3 is 15.8 Å². The molecule has 3 heteroatoms. The number of rotatable bonds is 3. The first-order chi connectivity index (χ1) is 4.88.